The maximum absolute atomic E-state index is 12.9. The first kappa shape index (κ1) is 68.8. The number of hydrogen-bond donors (Lipinski definition) is 3. The summed E-state index contributed by atoms with van der Waals surface area (Å²) in [5.74, 6) is 3.02. The zero-order chi connectivity index (χ0) is 70.1. The molecule has 3 N–H and O–H groups in total. The van der Waals surface area contributed by atoms with E-state index in [1.807, 2.05) is 93.6 Å². The maximum atomic E-state index is 12.9. The van der Waals surface area contributed by atoms with E-state index in [1.165, 1.54) is 24.4 Å². The van der Waals surface area contributed by atoms with Crippen molar-refractivity contribution in [3.63, 3.8) is 0 Å². The van der Waals surface area contributed by atoms with Gasteiger partial charge in [-0.05, 0) is 154 Å². The summed E-state index contributed by atoms with van der Waals surface area (Å²) in [5.41, 5.74) is 3.63. The van der Waals surface area contributed by atoms with Crippen LogP contribution in [0.3, 0.4) is 0 Å². The monoisotopic (exact) mass is 1320 g/mol. The number of nitrogens with zero attached hydrogens (tertiary/aromatic N) is 7. The number of anilines is 3. The van der Waals surface area contributed by atoms with Crippen molar-refractivity contribution in [2.24, 2.45) is 0 Å². The number of rotatable bonds is 12. The second kappa shape index (κ2) is 27.3. The van der Waals surface area contributed by atoms with Crippen molar-refractivity contribution in [3.05, 3.63) is 178 Å². The van der Waals surface area contributed by atoms with Gasteiger partial charge in [0, 0.05) is 90.8 Å². The average molecular weight is 1320 g/mol. The number of furan rings is 3. The van der Waals surface area contributed by atoms with Gasteiger partial charge in [0.1, 0.15) is 45.2 Å². The largest absolute Gasteiger partial charge is 0.479 e. The lowest BCUT2D eigenvalue weighted by Gasteiger charge is -2.37. The number of aliphatic hydroxyl groups excluding tert-OH is 1. The molecule has 1 unspecified atom stereocenters. The number of pyridine rings is 3. The van der Waals surface area contributed by atoms with Gasteiger partial charge in [0.15, 0.2) is 52.1 Å². The summed E-state index contributed by atoms with van der Waals surface area (Å²) in [6, 6.07) is 28.6. The van der Waals surface area contributed by atoms with Gasteiger partial charge in [-0.15, -0.1) is 0 Å². The average Bonchev–Trinajstić information content (AvgIpc) is 1.69. The van der Waals surface area contributed by atoms with Crippen LogP contribution in [-0.4, -0.2) is 120 Å². The van der Waals surface area contributed by atoms with Gasteiger partial charge in [0.25, 0.3) is 11.8 Å². The standard InChI is InChI=1S/C28H31N3O6.C23H25N3O4.C23H23N3O4/c1-17-19-10-8-9-11-20(19)35-22(17)16-30(7)23(32)13-12-18-14-21-24(29-15-18)31(25(33)28(5,6)36-21)26(34)37-27(2,3)4;2*1-14-16-7-5-6-8-17(16)29-19(14)13-26(4)20(27)10-9-15-11-18-21(24-12-15)25-22(28)23(2,3)30-18/h8-15H,16H2,1-7H3;5-12,22,28H,13H2,1-4H3,(H,24,25);5-12H,13H2,1-4H3,(H,24,25,28)/b13-12+;2*10-9+. The lowest BCUT2D eigenvalue weighted by Crippen LogP contribution is -2.55. The third-order valence-corrected chi connectivity index (χ3v) is 16.3. The molecule has 0 fully saturated rings. The number of aliphatic hydroxyl groups is 1. The molecule has 0 spiro atoms. The summed E-state index contributed by atoms with van der Waals surface area (Å²) in [5, 5.41) is 18.8. The molecule has 9 heterocycles. The minimum Gasteiger partial charge on any atom is -0.479 e. The van der Waals surface area contributed by atoms with E-state index in [1.54, 1.807) is 147 Å². The molecule has 6 aromatic heterocycles. The number of ether oxygens (including phenoxy) is 4. The van der Waals surface area contributed by atoms with Gasteiger partial charge in [-0.25, -0.2) is 19.7 Å². The number of carbonyl (C=O) groups excluding carboxylic acids is 6. The third-order valence-electron chi connectivity index (χ3n) is 16.3. The molecule has 3 aliphatic rings. The zero-order valence-corrected chi connectivity index (χ0v) is 56.9. The highest BCUT2D eigenvalue weighted by molar-refractivity contribution is 6.17. The van der Waals surface area contributed by atoms with Gasteiger partial charge in [-0.1, -0.05) is 54.6 Å². The summed E-state index contributed by atoms with van der Waals surface area (Å²) in [6.07, 6.45) is 12.3. The molecule has 9 aromatic rings. The van der Waals surface area contributed by atoms with Crippen molar-refractivity contribution in [3.8, 4) is 17.2 Å². The Kier molecular flexibility index (Phi) is 19.4. The predicted molar refractivity (Wildman–Crippen MR) is 368 cm³/mol. The summed E-state index contributed by atoms with van der Waals surface area (Å²) in [7, 11) is 5.16. The van der Waals surface area contributed by atoms with E-state index in [9.17, 15) is 33.9 Å². The van der Waals surface area contributed by atoms with Crippen LogP contribution in [0.2, 0.25) is 0 Å². The Labute approximate surface area is 561 Å². The SMILES string of the molecule is Cc1c(CN(C)C(=O)/C=C/c2cnc3c(c2)OC(C)(C)C(=O)N3)oc2ccccc12.Cc1c(CN(C)C(=O)/C=C/c2cnc3c(c2)OC(C)(C)C(=O)N3C(=O)OC(C)(C)C)oc2ccccc12.Cc1c(CN(C)C(=O)/C=C/c2cnc3c(c2)OC(C)(C)C(O)N3)oc2ccccc12. The highest BCUT2D eigenvalue weighted by atomic mass is 16.6. The summed E-state index contributed by atoms with van der Waals surface area (Å²) >= 11 is 0. The molecular weight excluding hydrogens is 1240 g/mol. The first-order chi connectivity index (χ1) is 45.7. The lowest BCUT2D eigenvalue weighted by atomic mass is 10.1. The summed E-state index contributed by atoms with van der Waals surface area (Å²) < 4.78 is 40.5. The van der Waals surface area contributed by atoms with Gasteiger partial charge < -0.3 is 62.6 Å². The molecule has 0 saturated heterocycles. The fourth-order valence-electron chi connectivity index (χ4n) is 10.5. The van der Waals surface area contributed by atoms with Gasteiger partial charge in [-0.2, -0.15) is 4.90 Å². The molecule has 3 aliphatic heterocycles. The van der Waals surface area contributed by atoms with E-state index >= 15 is 0 Å². The van der Waals surface area contributed by atoms with Crippen LogP contribution >= 0.6 is 0 Å². The molecule has 23 nitrogen and oxygen atoms in total. The quantitative estimate of drug-likeness (QED) is 0.0959. The van der Waals surface area contributed by atoms with Crippen LogP contribution in [0.4, 0.5) is 22.2 Å². The highest BCUT2D eigenvalue weighted by Crippen LogP contribution is 2.39. The molecule has 12 rings (SSSR count). The molecule has 504 valence electrons. The fraction of sp³-hybridized carbons (Fsp3) is 0.311. The summed E-state index contributed by atoms with van der Waals surface area (Å²) in [6.45, 7) is 22.3. The van der Waals surface area contributed by atoms with E-state index < -0.39 is 40.6 Å². The van der Waals surface area contributed by atoms with E-state index in [0.29, 0.717) is 53.9 Å². The minimum absolute atomic E-state index is 0.0412. The Morgan fingerprint density at radius 3 is 1.37 bits per heavy atom. The molecule has 0 radical (unpaired) electrons. The first-order valence-electron chi connectivity index (χ1n) is 31.4. The topological polar surface area (TPSA) is 275 Å². The Morgan fingerprint density at radius 2 is 0.948 bits per heavy atom. The van der Waals surface area contributed by atoms with Gasteiger partial charge in [-0.3, -0.25) is 24.0 Å². The van der Waals surface area contributed by atoms with Crippen molar-refractivity contribution in [1.82, 2.24) is 29.7 Å². The van der Waals surface area contributed by atoms with Crippen molar-refractivity contribution < 1.29 is 66.1 Å². The lowest BCUT2D eigenvalue weighted by molar-refractivity contribution is -0.132. The van der Waals surface area contributed by atoms with Crippen LogP contribution in [-0.2, 0) is 48.3 Å². The molecule has 23 heteroatoms. The van der Waals surface area contributed by atoms with Crippen LogP contribution in [0.5, 0.6) is 17.2 Å². The summed E-state index contributed by atoms with van der Waals surface area (Å²) in [4.78, 5) is 94.0. The molecule has 0 aliphatic carbocycles. The van der Waals surface area contributed by atoms with Crippen LogP contribution in [0.25, 0.3) is 51.1 Å². The van der Waals surface area contributed by atoms with Gasteiger partial charge >= 0.3 is 6.09 Å². The maximum Gasteiger partial charge on any atom is 0.423 e. The number of imide groups is 1. The molecule has 97 heavy (non-hydrogen) atoms. The number of likely N-dealkylation sites (N-methyl/N-ethyl adjacent to an activating group) is 3. The molecule has 0 saturated carbocycles. The van der Waals surface area contributed by atoms with Crippen LogP contribution in [0.1, 0.15) is 113 Å². The number of hydrogen-bond acceptors (Lipinski definition) is 18. The Hall–Kier alpha value is -11.1. The molecule has 1 atom stereocenters. The zero-order valence-electron chi connectivity index (χ0n) is 56.9. The minimum atomic E-state index is -1.31. The third kappa shape index (κ3) is 15.5. The van der Waals surface area contributed by atoms with Crippen molar-refractivity contribution in [1.29, 1.82) is 0 Å². The number of nitrogens with one attached hydrogen (secondary N) is 2. The Morgan fingerprint density at radius 1 is 0.567 bits per heavy atom. The van der Waals surface area contributed by atoms with E-state index in [-0.39, 0.29) is 35.2 Å². The number of carbonyl (C=O) groups is 6. The number of aromatic nitrogens is 3. The van der Waals surface area contributed by atoms with Gasteiger partial charge in [0.2, 0.25) is 17.7 Å². The van der Waals surface area contributed by atoms with E-state index in [2.05, 4.69) is 25.6 Å². The van der Waals surface area contributed by atoms with Gasteiger partial charge in [0.05, 0.1) is 19.6 Å². The number of fused-ring (bicyclic) bond motifs is 6. The number of benzene rings is 3. The normalized spacial score (nSPS) is 15.8. The van der Waals surface area contributed by atoms with E-state index in [0.717, 1.165) is 77.3 Å². The molecule has 6 amide bonds. The number of para-hydroxylation sites is 3. The van der Waals surface area contributed by atoms with Crippen LogP contribution in [0, 0.1) is 20.8 Å². The second-order valence-electron chi connectivity index (χ2n) is 26.4. The predicted octanol–water partition coefficient (Wildman–Crippen LogP) is 12.9. The second-order valence-corrected chi connectivity index (χ2v) is 26.4. The Bertz CT molecular complexity index is 4640. The fourth-order valence-corrected chi connectivity index (χ4v) is 10.5. The first-order valence-corrected chi connectivity index (χ1v) is 31.4. The van der Waals surface area contributed by atoms with Crippen LogP contribution in [0.15, 0.2) is 141 Å². The molecule has 3 aromatic carbocycles. The number of aryl methyl sites for hydroxylation is 3. The van der Waals surface area contributed by atoms with Crippen molar-refractivity contribution >= 4 is 104 Å². The van der Waals surface area contributed by atoms with Crippen molar-refractivity contribution in [2.75, 3.05) is 36.7 Å². The van der Waals surface area contributed by atoms with Crippen molar-refractivity contribution in [2.45, 2.75) is 131 Å². The number of amides is 6. The highest BCUT2D eigenvalue weighted by Gasteiger charge is 2.47. The molecule has 0 bridgehead atoms. The smallest absolute Gasteiger partial charge is 0.423 e. The van der Waals surface area contributed by atoms with E-state index in [4.69, 9.17) is 32.2 Å². The van der Waals surface area contributed by atoms with Crippen LogP contribution < -0.4 is 29.7 Å². The molecular formula is C74H79N9O14. The Balaban J connectivity index is 0.000000159.